The molecule has 18 heavy (non-hydrogen) atoms. The number of rotatable bonds is 4. The SMILES string of the molecule is CCOC1CC(Nc2cccc(F)c2C)C1(C)C. The number of ether oxygens (including phenoxy) is 1. The van der Waals surface area contributed by atoms with E-state index in [0.29, 0.717) is 17.7 Å². The highest BCUT2D eigenvalue weighted by Gasteiger charge is 2.48. The number of hydrogen-bond acceptors (Lipinski definition) is 2. The summed E-state index contributed by atoms with van der Waals surface area (Å²) in [5.74, 6) is -0.154. The van der Waals surface area contributed by atoms with Gasteiger partial charge in [0.05, 0.1) is 6.10 Å². The Balaban J connectivity index is 2.06. The highest BCUT2D eigenvalue weighted by Crippen LogP contribution is 2.44. The fourth-order valence-electron chi connectivity index (χ4n) is 2.57. The van der Waals surface area contributed by atoms with Crippen molar-refractivity contribution >= 4 is 5.69 Å². The zero-order valence-electron chi connectivity index (χ0n) is 11.6. The minimum absolute atomic E-state index is 0.0920. The summed E-state index contributed by atoms with van der Waals surface area (Å²) in [6, 6.07) is 5.52. The Kier molecular flexibility index (Phi) is 3.62. The third kappa shape index (κ3) is 2.24. The van der Waals surface area contributed by atoms with Crippen molar-refractivity contribution in [2.24, 2.45) is 5.41 Å². The van der Waals surface area contributed by atoms with Gasteiger partial charge >= 0.3 is 0 Å². The van der Waals surface area contributed by atoms with E-state index in [2.05, 4.69) is 19.2 Å². The average Bonchev–Trinajstić information content (AvgIpc) is 2.33. The van der Waals surface area contributed by atoms with Crippen LogP contribution in [-0.4, -0.2) is 18.8 Å². The predicted molar refractivity (Wildman–Crippen MR) is 72.4 cm³/mol. The van der Waals surface area contributed by atoms with Crippen LogP contribution in [-0.2, 0) is 4.74 Å². The first kappa shape index (κ1) is 13.3. The summed E-state index contributed by atoms with van der Waals surface area (Å²) in [6.45, 7) is 8.98. The standard InChI is InChI=1S/C15H22FNO/c1-5-18-14-9-13(15(14,3)4)17-12-8-6-7-11(16)10(12)2/h6-8,13-14,17H,5,9H2,1-4H3. The van der Waals surface area contributed by atoms with E-state index in [-0.39, 0.29) is 11.2 Å². The van der Waals surface area contributed by atoms with Gasteiger partial charge in [-0.05, 0) is 32.4 Å². The van der Waals surface area contributed by atoms with Gasteiger partial charge < -0.3 is 10.1 Å². The molecule has 1 aromatic rings. The van der Waals surface area contributed by atoms with Crippen molar-refractivity contribution in [1.82, 2.24) is 0 Å². The monoisotopic (exact) mass is 251 g/mol. The maximum absolute atomic E-state index is 13.5. The highest BCUT2D eigenvalue weighted by atomic mass is 19.1. The maximum atomic E-state index is 13.5. The Labute approximate surface area is 109 Å². The normalized spacial score (nSPS) is 25.6. The van der Waals surface area contributed by atoms with Crippen LogP contribution in [0.1, 0.15) is 32.8 Å². The molecule has 0 spiro atoms. The first-order chi connectivity index (χ1) is 8.46. The summed E-state index contributed by atoms with van der Waals surface area (Å²) in [4.78, 5) is 0. The minimum atomic E-state index is -0.154. The molecule has 0 heterocycles. The largest absolute Gasteiger partial charge is 0.381 e. The lowest BCUT2D eigenvalue weighted by Crippen LogP contribution is -2.58. The summed E-state index contributed by atoms with van der Waals surface area (Å²) in [6.07, 6.45) is 1.28. The Morgan fingerprint density at radius 1 is 1.44 bits per heavy atom. The van der Waals surface area contributed by atoms with Gasteiger partial charge in [0, 0.05) is 29.3 Å². The van der Waals surface area contributed by atoms with E-state index in [1.807, 2.05) is 19.9 Å². The van der Waals surface area contributed by atoms with Gasteiger partial charge in [-0.15, -0.1) is 0 Å². The molecule has 2 atom stereocenters. The van der Waals surface area contributed by atoms with Gasteiger partial charge in [0.25, 0.3) is 0 Å². The number of benzene rings is 1. The summed E-state index contributed by atoms with van der Waals surface area (Å²) in [5, 5.41) is 3.45. The number of nitrogens with one attached hydrogen (secondary N) is 1. The Morgan fingerprint density at radius 2 is 2.17 bits per heavy atom. The molecule has 0 aromatic heterocycles. The van der Waals surface area contributed by atoms with E-state index < -0.39 is 0 Å². The summed E-state index contributed by atoms with van der Waals surface area (Å²) < 4.78 is 19.2. The molecule has 3 heteroatoms. The van der Waals surface area contributed by atoms with E-state index in [0.717, 1.165) is 18.7 Å². The Bertz CT molecular complexity index is 431. The molecule has 0 aliphatic heterocycles. The Morgan fingerprint density at radius 3 is 2.78 bits per heavy atom. The molecule has 1 aromatic carbocycles. The lowest BCUT2D eigenvalue weighted by atomic mass is 9.64. The second kappa shape index (κ2) is 4.88. The van der Waals surface area contributed by atoms with E-state index in [1.54, 1.807) is 6.07 Å². The van der Waals surface area contributed by atoms with Crippen molar-refractivity contribution in [1.29, 1.82) is 0 Å². The zero-order valence-corrected chi connectivity index (χ0v) is 11.6. The van der Waals surface area contributed by atoms with Crippen LogP contribution in [0.5, 0.6) is 0 Å². The first-order valence-electron chi connectivity index (χ1n) is 6.60. The second-order valence-corrected chi connectivity index (χ2v) is 5.61. The molecule has 0 radical (unpaired) electrons. The summed E-state index contributed by atoms with van der Waals surface area (Å²) >= 11 is 0. The van der Waals surface area contributed by atoms with Crippen LogP contribution in [0.15, 0.2) is 18.2 Å². The van der Waals surface area contributed by atoms with E-state index in [1.165, 1.54) is 6.07 Å². The molecule has 0 bridgehead atoms. The van der Waals surface area contributed by atoms with Crippen molar-refractivity contribution in [2.45, 2.75) is 46.3 Å². The van der Waals surface area contributed by atoms with E-state index in [9.17, 15) is 4.39 Å². The highest BCUT2D eigenvalue weighted by molar-refractivity contribution is 5.52. The predicted octanol–water partition coefficient (Wildman–Crippen LogP) is 3.75. The molecule has 2 unspecified atom stereocenters. The number of hydrogen-bond donors (Lipinski definition) is 1. The van der Waals surface area contributed by atoms with Crippen molar-refractivity contribution in [3.63, 3.8) is 0 Å². The smallest absolute Gasteiger partial charge is 0.128 e. The lowest BCUT2D eigenvalue weighted by molar-refractivity contribution is -0.0976. The average molecular weight is 251 g/mol. The van der Waals surface area contributed by atoms with Gasteiger partial charge in [-0.25, -0.2) is 4.39 Å². The molecule has 1 aliphatic rings. The van der Waals surface area contributed by atoms with Gasteiger partial charge in [0.2, 0.25) is 0 Å². The van der Waals surface area contributed by atoms with E-state index in [4.69, 9.17) is 4.74 Å². The lowest BCUT2D eigenvalue weighted by Gasteiger charge is -2.52. The minimum Gasteiger partial charge on any atom is -0.381 e. The van der Waals surface area contributed by atoms with Crippen molar-refractivity contribution < 1.29 is 9.13 Å². The number of halogens is 1. The van der Waals surface area contributed by atoms with Crippen molar-refractivity contribution in [3.8, 4) is 0 Å². The molecule has 0 amide bonds. The first-order valence-corrected chi connectivity index (χ1v) is 6.60. The quantitative estimate of drug-likeness (QED) is 0.880. The molecular formula is C15H22FNO. The molecule has 100 valence electrons. The molecule has 2 nitrogen and oxygen atoms in total. The molecule has 1 fully saturated rings. The van der Waals surface area contributed by atoms with E-state index >= 15 is 0 Å². The van der Waals surface area contributed by atoms with Crippen molar-refractivity contribution in [3.05, 3.63) is 29.6 Å². The van der Waals surface area contributed by atoms with Gasteiger partial charge in [0.1, 0.15) is 5.82 Å². The third-order valence-electron chi connectivity index (χ3n) is 4.14. The summed E-state index contributed by atoms with van der Waals surface area (Å²) in [7, 11) is 0. The molecule has 1 N–H and O–H groups in total. The van der Waals surface area contributed by atoms with Crippen LogP contribution in [0, 0.1) is 18.2 Å². The van der Waals surface area contributed by atoms with Gasteiger partial charge in [0.15, 0.2) is 0 Å². The van der Waals surface area contributed by atoms with Gasteiger partial charge in [-0.2, -0.15) is 0 Å². The fourth-order valence-corrected chi connectivity index (χ4v) is 2.57. The Hall–Kier alpha value is -1.09. The third-order valence-corrected chi connectivity index (χ3v) is 4.14. The molecular weight excluding hydrogens is 229 g/mol. The van der Waals surface area contributed by atoms with Crippen LogP contribution in [0.2, 0.25) is 0 Å². The second-order valence-electron chi connectivity index (χ2n) is 5.61. The topological polar surface area (TPSA) is 21.3 Å². The number of anilines is 1. The van der Waals surface area contributed by atoms with Crippen molar-refractivity contribution in [2.75, 3.05) is 11.9 Å². The van der Waals surface area contributed by atoms with Gasteiger partial charge in [-0.1, -0.05) is 19.9 Å². The van der Waals surface area contributed by atoms with Crippen LogP contribution in [0.4, 0.5) is 10.1 Å². The molecule has 1 saturated carbocycles. The van der Waals surface area contributed by atoms with Crippen LogP contribution in [0.3, 0.4) is 0 Å². The van der Waals surface area contributed by atoms with Crippen LogP contribution in [0.25, 0.3) is 0 Å². The maximum Gasteiger partial charge on any atom is 0.128 e. The van der Waals surface area contributed by atoms with Crippen LogP contribution < -0.4 is 5.32 Å². The molecule has 0 saturated heterocycles. The fraction of sp³-hybridized carbons (Fsp3) is 0.600. The zero-order chi connectivity index (χ0) is 13.3. The summed E-state index contributed by atoms with van der Waals surface area (Å²) in [5.41, 5.74) is 1.67. The molecule has 2 rings (SSSR count). The molecule has 1 aliphatic carbocycles. The van der Waals surface area contributed by atoms with Gasteiger partial charge in [-0.3, -0.25) is 0 Å². The van der Waals surface area contributed by atoms with Crippen LogP contribution >= 0.6 is 0 Å².